The average Bonchev–Trinajstić information content (AvgIpc) is 1.98. The van der Waals surface area contributed by atoms with Gasteiger partial charge in [-0.3, -0.25) is 4.79 Å². The molecule has 0 saturated heterocycles. The zero-order valence-electron chi connectivity index (χ0n) is 8.22. The number of carbonyl (C=O) groups excluding carboxylic acids is 1. The van der Waals surface area contributed by atoms with Crippen LogP contribution in [0.1, 0.15) is 33.6 Å². The van der Waals surface area contributed by atoms with Crippen molar-refractivity contribution in [3.05, 3.63) is 0 Å². The van der Waals surface area contributed by atoms with Crippen molar-refractivity contribution in [1.29, 1.82) is 0 Å². The predicted octanol–water partition coefficient (Wildman–Crippen LogP) is 1.33. The molecule has 72 valence electrons. The van der Waals surface area contributed by atoms with Crippen molar-refractivity contribution in [2.45, 2.75) is 39.7 Å². The second-order valence-electron chi connectivity index (χ2n) is 3.08. The van der Waals surface area contributed by atoms with Crippen LogP contribution in [0.5, 0.6) is 0 Å². The standard InChI is InChI=1S/C9H19NO2/c1-4-5-9(11)12-7-6-10-8(2)3/h8,10H,4-7H2,1-3H3. The minimum Gasteiger partial charge on any atom is -0.464 e. The fourth-order valence-electron chi connectivity index (χ4n) is 0.789. The van der Waals surface area contributed by atoms with Gasteiger partial charge < -0.3 is 10.1 Å². The number of hydrogen-bond donors (Lipinski definition) is 1. The van der Waals surface area contributed by atoms with Crippen molar-refractivity contribution >= 4 is 5.97 Å². The highest BCUT2D eigenvalue weighted by atomic mass is 16.5. The van der Waals surface area contributed by atoms with Crippen molar-refractivity contribution in [3.8, 4) is 0 Å². The van der Waals surface area contributed by atoms with Gasteiger partial charge in [-0.2, -0.15) is 0 Å². The molecule has 0 spiro atoms. The van der Waals surface area contributed by atoms with Crippen LogP contribution in [0.2, 0.25) is 0 Å². The molecule has 3 nitrogen and oxygen atoms in total. The molecular formula is C9H19NO2. The molecule has 3 heteroatoms. The summed E-state index contributed by atoms with van der Waals surface area (Å²) < 4.78 is 4.93. The fraction of sp³-hybridized carbons (Fsp3) is 0.889. The minimum absolute atomic E-state index is 0.0944. The van der Waals surface area contributed by atoms with Gasteiger partial charge in [-0.25, -0.2) is 0 Å². The summed E-state index contributed by atoms with van der Waals surface area (Å²) in [5.41, 5.74) is 0. The highest BCUT2D eigenvalue weighted by Gasteiger charge is 1.99. The lowest BCUT2D eigenvalue weighted by Crippen LogP contribution is -2.27. The van der Waals surface area contributed by atoms with E-state index in [1.165, 1.54) is 0 Å². The van der Waals surface area contributed by atoms with E-state index in [1.54, 1.807) is 0 Å². The molecule has 0 aliphatic rings. The van der Waals surface area contributed by atoms with Gasteiger partial charge in [0.15, 0.2) is 0 Å². The van der Waals surface area contributed by atoms with Crippen LogP contribution < -0.4 is 5.32 Å². The monoisotopic (exact) mass is 173 g/mol. The van der Waals surface area contributed by atoms with Crippen LogP contribution in [0, 0.1) is 0 Å². The number of hydrogen-bond acceptors (Lipinski definition) is 3. The molecule has 1 N–H and O–H groups in total. The van der Waals surface area contributed by atoms with Crippen molar-refractivity contribution in [2.24, 2.45) is 0 Å². The summed E-state index contributed by atoms with van der Waals surface area (Å²) in [5.74, 6) is -0.0944. The van der Waals surface area contributed by atoms with Gasteiger partial charge in [-0.05, 0) is 6.42 Å². The molecule has 0 aromatic rings. The number of esters is 1. The molecule has 0 unspecified atom stereocenters. The molecule has 0 heterocycles. The van der Waals surface area contributed by atoms with Gasteiger partial charge in [0.2, 0.25) is 0 Å². The largest absolute Gasteiger partial charge is 0.464 e. The Labute approximate surface area is 74.5 Å². The maximum Gasteiger partial charge on any atom is 0.305 e. The second-order valence-corrected chi connectivity index (χ2v) is 3.08. The quantitative estimate of drug-likeness (QED) is 0.486. The third-order valence-corrected chi connectivity index (χ3v) is 1.37. The normalized spacial score (nSPS) is 10.3. The van der Waals surface area contributed by atoms with Crippen LogP contribution in [-0.2, 0) is 9.53 Å². The molecular weight excluding hydrogens is 154 g/mol. The maximum atomic E-state index is 10.8. The van der Waals surface area contributed by atoms with Crippen molar-refractivity contribution in [2.75, 3.05) is 13.2 Å². The number of rotatable bonds is 6. The number of carbonyl (C=O) groups is 1. The maximum absolute atomic E-state index is 10.8. The van der Waals surface area contributed by atoms with Gasteiger partial charge in [0.1, 0.15) is 6.61 Å². The number of nitrogens with one attached hydrogen (secondary N) is 1. The first-order chi connectivity index (χ1) is 5.66. The molecule has 0 aromatic carbocycles. The van der Waals surface area contributed by atoms with Crippen LogP contribution in [0.4, 0.5) is 0 Å². The summed E-state index contributed by atoms with van der Waals surface area (Å²) >= 11 is 0. The predicted molar refractivity (Wildman–Crippen MR) is 49.0 cm³/mol. The fourth-order valence-corrected chi connectivity index (χ4v) is 0.789. The molecule has 0 aliphatic carbocycles. The zero-order valence-corrected chi connectivity index (χ0v) is 8.22. The van der Waals surface area contributed by atoms with E-state index in [9.17, 15) is 4.79 Å². The molecule has 0 rings (SSSR count). The van der Waals surface area contributed by atoms with E-state index < -0.39 is 0 Å². The van der Waals surface area contributed by atoms with Gasteiger partial charge in [-0.1, -0.05) is 20.8 Å². The van der Waals surface area contributed by atoms with Gasteiger partial charge >= 0.3 is 5.97 Å². The average molecular weight is 173 g/mol. The van der Waals surface area contributed by atoms with Crippen molar-refractivity contribution in [3.63, 3.8) is 0 Å². The van der Waals surface area contributed by atoms with Crippen LogP contribution in [0.15, 0.2) is 0 Å². The molecule has 0 aromatic heterocycles. The Morgan fingerprint density at radius 1 is 1.50 bits per heavy atom. The third-order valence-electron chi connectivity index (χ3n) is 1.37. The van der Waals surface area contributed by atoms with Crippen LogP contribution in [0.25, 0.3) is 0 Å². The molecule has 0 amide bonds. The third kappa shape index (κ3) is 7.54. The lowest BCUT2D eigenvalue weighted by molar-refractivity contribution is -0.143. The van der Waals surface area contributed by atoms with E-state index in [2.05, 4.69) is 19.2 Å². The smallest absolute Gasteiger partial charge is 0.305 e. The first-order valence-electron chi connectivity index (χ1n) is 4.55. The topological polar surface area (TPSA) is 38.3 Å². The molecule has 0 radical (unpaired) electrons. The van der Waals surface area contributed by atoms with Crippen molar-refractivity contribution < 1.29 is 9.53 Å². The Balaban J connectivity index is 3.14. The molecule has 0 saturated carbocycles. The van der Waals surface area contributed by atoms with Crippen LogP contribution >= 0.6 is 0 Å². The first-order valence-corrected chi connectivity index (χ1v) is 4.55. The van der Waals surface area contributed by atoms with Crippen molar-refractivity contribution in [1.82, 2.24) is 5.32 Å². The van der Waals surface area contributed by atoms with E-state index in [1.807, 2.05) is 6.92 Å². The summed E-state index contributed by atoms with van der Waals surface area (Å²) in [6, 6.07) is 0.454. The van der Waals surface area contributed by atoms with Gasteiger partial charge in [0.25, 0.3) is 0 Å². The first kappa shape index (κ1) is 11.4. The SMILES string of the molecule is CCCC(=O)OCCNC(C)C. The Kier molecular flexibility index (Phi) is 6.76. The van der Waals surface area contributed by atoms with E-state index in [0.29, 0.717) is 19.1 Å². The molecule has 0 aliphatic heterocycles. The summed E-state index contributed by atoms with van der Waals surface area (Å²) in [6.07, 6.45) is 1.39. The summed E-state index contributed by atoms with van der Waals surface area (Å²) in [7, 11) is 0. The Morgan fingerprint density at radius 2 is 2.17 bits per heavy atom. The van der Waals surface area contributed by atoms with Gasteiger partial charge in [0.05, 0.1) is 0 Å². The molecule has 0 bridgehead atoms. The highest BCUT2D eigenvalue weighted by Crippen LogP contribution is 1.90. The summed E-state index contributed by atoms with van der Waals surface area (Å²) in [4.78, 5) is 10.8. The summed E-state index contributed by atoms with van der Waals surface area (Å²) in [5, 5.41) is 3.17. The Hall–Kier alpha value is -0.570. The van der Waals surface area contributed by atoms with Crippen LogP contribution in [0.3, 0.4) is 0 Å². The summed E-state index contributed by atoms with van der Waals surface area (Å²) in [6.45, 7) is 7.32. The molecule has 12 heavy (non-hydrogen) atoms. The van der Waals surface area contributed by atoms with Crippen LogP contribution in [-0.4, -0.2) is 25.2 Å². The van der Waals surface area contributed by atoms with E-state index >= 15 is 0 Å². The van der Waals surface area contributed by atoms with Gasteiger partial charge in [-0.15, -0.1) is 0 Å². The zero-order chi connectivity index (χ0) is 9.40. The van der Waals surface area contributed by atoms with E-state index in [4.69, 9.17) is 4.74 Å². The lowest BCUT2D eigenvalue weighted by Gasteiger charge is -2.07. The Bertz CT molecular complexity index is 124. The van der Waals surface area contributed by atoms with E-state index in [-0.39, 0.29) is 5.97 Å². The molecule has 0 fully saturated rings. The molecule has 0 atom stereocenters. The van der Waals surface area contributed by atoms with E-state index in [0.717, 1.165) is 13.0 Å². The lowest BCUT2D eigenvalue weighted by atomic mass is 10.3. The number of ether oxygens (including phenoxy) is 1. The second kappa shape index (κ2) is 7.10. The van der Waals surface area contributed by atoms with Gasteiger partial charge in [0, 0.05) is 19.0 Å². The Morgan fingerprint density at radius 3 is 2.67 bits per heavy atom. The minimum atomic E-state index is -0.0944. The highest BCUT2D eigenvalue weighted by molar-refractivity contribution is 5.69.